The molecular weight excluding hydrogens is 534 g/mol. The molecule has 1 aromatic rings. The van der Waals surface area contributed by atoms with E-state index in [1.807, 2.05) is 6.92 Å². The van der Waals surface area contributed by atoms with Crippen LogP contribution >= 0.6 is 0 Å². The number of carbonyl (C=O) groups is 1. The first-order valence-corrected chi connectivity index (χ1v) is 14.4. The molecule has 0 spiro atoms. The van der Waals surface area contributed by atoms with E-state index >= 15 is 0 Å². The highest BCUT2D eigenvalue weighted by molar-refractivity contribution is 7.86. The Hall–Kier alpha value is -1.84. The fourth-order valence-corrected chi connectivity index (χ4v) is 3.61. The number of ether oxygens (including phenoxy) is 7. The molecular formula is C26H45NO11S. The van der Waals surface area contributed by atoms with Crippen LogP contribution in [0.3, 0.4) is 0 Å². The molecule has 0 saturated carbocycles. The van der Waals surface area contributed by atoms with Crippen molar-refractivity contribution in [3.8, 4) is 0 Å². The molecule has 0 aliphatic carbocycles. The molecule has 0 aliphatic rings. The number of aryl methyl sites for hydroxylation is 1. The van der Waals surface area contributed by atoms with Crippen LogP contribution in [0.1, 0.15) is 26.3 Å². The number of benzene rings is 1. The number of amides is 1. The Kier molecular flexibility index (Phi) is 18.9. The summed E-state index contributed by atoms with van der Waals surface area (Å²) in [6.07, 6.45) is -0.463. The van der Waals surface area contributed by atoms with Crippen LogP contribution in [0.15, 0.2) is 29.2 Å². The minimum atomic E-state index is -3.77. The van der Waals surface area contributed by atoms with Crippen molar-refractivity contribution in [3.05, 3.63) is 29.8 Å². The lowest BCUT2D eigenvalue weighted by Crippen LogP contribution is -2.34. The molecule has 0 saturated heterocycles. The summed E-state index contributed by atoms with van der Waals surface area (Å²) in [5, 5.41) is 2.61. The lowest BCUT2D eigenvalue weighted by atomic mass is 10.2. The Morgan fingerprint density at radius 1 is 0.667 bits per heavy atom. The number of alkyl carbamates (subject to hydrolysis) is 1. The van der Waals surface area contributed by atoms with Gasteiger partial charge in [0.2, 0.25) is 0 Å². The summed E-state index contributed by atoms with van der Waals surface area (Å²) in [6.45, 7) is 12.3. The number of hydrogen-bond acceptors (Lipinski definition) is 11. The third kappa shape index (κ3) is 20.7. The van der Waals surface area contributed by atoms with Crippen molar-refractivity contribution in [2.24, 2.45) is 0 Å². The van der Waals surface area contributed by atoms with Gasteiger partial charge in [-0.25, -0.2) is 4.79 Å². The summed E-state index contributed by atoms with van der Waals surface area (Å²) >= 11 is 0. The monoisotopic (exact) mass is 579 g/mol. The first-order valence-electron chi connectivity index (χ1n) is 13.0. The van der Waals surface area contributed by atoms with Crippen molar-refractivity contribution >= 4 is 16.2 Å². The van der Waals surface area contributed by atoms with E-state index in [2.05, 4.69) is 5.32 Å². The topological polar surface area (TPSA) is 137 Å². The molecule has 0 bridgehead atoms. The van der Waals surface area contributed by atoms with Gasteiger partial charge >= 0.3 is 6.09 Å². The molecule has 1 amide bonds. The minimum Gasteiger partial charge on any atom is -0.444 e. The highest BCUT2D eigenvalue weighted by atomic mass is 32.2. The number of nitrogens with one attached hydrogen (secondary N) is 1. The van der Waals surface area contributed by atoms with Crippen LogP contribution in [0.5, 0.6) is 0 Å². The first kappa shape index (κ1) is 35.2. The van der Waals surface area contributed by atoms with Crippen molar-refractivity contribution in [1.82, 2.24) is 5.32 Å². The summed E-state index contributed by atoms with van der Waals surface area (Å²) < 4.78 is 66.5. The third-order valence-corrected chi connectivity index (χ3v) is 5.88. The molecule has 0 aromatic heterocycles. The predicted octanol–water partition coefficient (Wildman–Crippen LogP) is 2.32. The van der Waals surface area contributed by atoms with Crippen molar-refractivity contribution in [2.45, 2.75) is 38.2 Å². The Balaban J connectivity index is 1.77. The lowest BCUT2D eigenvalue weighted by Gasteiger charge is -2.19. The molecule has 13 heteroatoms. The maximum absolute atomic E-state index is 12.0. The molecule has 1 aromatic carbocycles. The fraction of sp³-hybridized carbons (Fsp3) is 0.731. The molecule has 0 atom stereocenters. The molecule has 39 heavy (non-hydrogen) atoms. The maximum Gasteiger partial charge on any atom is 0.407 e. The molecule has 0 fully saturated rings. The standard InChI is InChI=1S/C26H45NO11S/c1-23-5-7-24(8-6-23)39(29,30)37-22-21-36-20-19-35-18-17-34-16-15-33-14-13-32-12-11-31-10-9-27-25(28)38-26(2,3)4/h5-8H,9-22H2,1-4H3,(H,27,28). The summed E-state index contributed by atoms with van der Waals surface area (Å²) in [4.78, 5) is 11.6. The number of carbonyl (C=O) groups excluding carboxylic acids is 1. The van der Waals surface area contributed by atoms with Crippen molar-refractivity contribution < 1.29 is 50.6 Å². The summed E-state index contributed by atoms with van der Waals surface area (Å²) in [6, 6.07) is 6.46. The molecule has 12 nitrogen and oxygen atoms in total. The SMILES string of the molecule is Cc1ccc(S(=O)(=O)OCCOCCOCCOCCOCCOCCOCCNC(=O)OC(C)(C)C)cc1. The molecule has 0 aliphatic heterocycles. The van der Waals surface area contributed by atoms with Gasteiger partial charge in [0.15, 0.2) is 0 Å². The van der Waals surface area contributed by atoms with E-state index in [0.29, 0.717) is 79.2 Å². The van der Waals surface area contributed by atoms with E-state index in [9.17, 15) is 13.2 Å². The van der Waals surface area contributed by atoms with E-state index in [1.165, 1.54) is 12.1 Å². The smallest absolute Gasteiger partial charge is 0.407 e. The van der Waals surface area contributed by atoms with Crippen LogP contribution in [0.4, 0.5) is 4.79 Å². The van der Waals surface area contributed by atoms with Crippen molar-refractivity contribution in [3.63, 3.8) is 0 Å². The van der Waals surface area contributed by atoms with Crippen LogP contribution in [0.2, 0.25) is 0 Å². The van der Waals surface area contributed by atoms with E-state index in [-0.39, 0.29) is 18.1 Å². The lowest BCUT2D eigenvalue weighted by molar-refractivity contribution is -0.0176. The Labute approximate surface area is 232 Å². The Morgan fingerprint density at radius 3 is 1.46 bits per heavy atom. The second-order valence-electron chi connectivity index (χ2n) is 9.19. The highest BCUT2D eigenvalue weighted by Crippen LogP contribution is 2.13. The number of rotatable bonds is 23. The van der Waals surface area contributed by atoms with Crippen LogP contribution in [0.25, 0.3) is 0 Å². The van der Waals surface area contributed by atoms with Gasteiger partial charge < -0.3 is 38.5 Å². The fourth-order valence-electron chi connectivity index (χ4n) is 2.72. The Morgan fingerprint density at radius 2 is 1.05 bits per heavy atom. The average molecular weight is 580 g/mol. The Bertz CT molecular complexity index is 858. The average Bonchev–Trinajstić information content (AvgIpc) is 2.86. The maximum atomic E-state index is 12.0. The third-order valence-electron chi connectivity index (χ3n) is 4.55. The normalized spacial score (nSPS) is 12.0. The van der Waals surface area contributed by atoms with Gasteiger partial charge in [0.25, 0.3) is 10.1 Å². The summed E-state index contributed by atoms with van der Waals surface area (Å²) in [5.41, 5.74) is 0.454. The van der Waals surface area contributed by atoms with Gasteiger partial charge in [0.05, 0.1) is 90.8 Å². The van der Waals surface area contributed by atoms with Crippen molar-refractivity contribution in [2.75, 3.05) is 92.4 Å². The van der Waals surface area contributed by atoms with E-state index in [0.717, 1.165) is 5.56 Å². The second-order valence-corrected chi connectivity index (χ2v) is 10.8. The molecule has 0 radical (unpaired) electrons. The molecule has 0 unspecified atom stereocenters. The predicted molar refractivity (Wildman–Crippen MR) is 143 cm³/mol. The first-order chi connectivity index (χ1) is 18.6. The largest absolute Gasteiger partial charge is 0.444 e. The van der Waals surface area contributed by atoms with Crippen LogP contribution < -0.4 is 5.32 Å². The van der Waals surface area contributed by atoms with Gasteiger partial charge in [-0.3, -0.25) is 4.18 Å². The zero-order valence-electron chi connectivity index (χ0n) is 23.6. The van der Waals surface area contributed by atoms with Gasteiger partial charge in [-0.2, -0.15) is 8.42 Å². The van der Waals surface area contributed by atoms with E-state index in [1.54, 1.807) is 32.9 Å². The van der Waals surface area contributed by atoms with Crippen LogP contribution in [0, 0.1) is 6.92 Å². The van der Waals surface area contributed by atoms with Gasteiger partial charge in [-0.1, -0.05) is 17.7 Å². The second kappa shape index (κ2) is 21.0. The molecule has 0 heterocycles. The van der Waals surface area contributed by atoms with Crippen molar-refractivity contribution in [1.29, 1.82) is 0 Å². The zero-order chi connectivity index (χ0) is 28.8. The summed E-state index contributed by atoms with van der Waals surface area (Å²) in [5.74, 6) is 0. The van der Waals surface area contributed by atoms with E-state index in [4.69, 9.17) is 37.3 Å². The quantitative estimate of drug-likeness (QED) is 0.151. The molecule has 1 N–H and O–H groups in total. The zero-order valence-corrected chi connectivity index (χ0v) is 24.4. The van der Waals surface area contributed by atoms with Gasteiger partial charge in [-0.15, -0.1) is 0 Å². The summed E-state index contributed by atoms with van der Waals surface area (Å²) in [7, 11) is -3.77. The van der Waals surface area contributed by atoms with Gasteiger partial charge in [0.1, 0.15) is 5.60 Å². The molecule has 1 rings (SSSR count). The van der Waals surface area contributed by atoms with Gasteiger partial charge in [-0.05, 0) is 39.8 Å². The van der Waals surface area contributed by atoms with Crippen LogP contribution in [-0.2, 0) is 47.5 Å². The van der Waals surface area contributed by atoms with Gasteiger partial charge in [0, 0.05) is 6.54 Å². The van der Waals surface area contributed by atoms with Crippen LogP contribution in [-0.4, -0.2) is 113 Å². The molecule has 226 valence electrons. The van der Waals surface area contributed by atoms with E-state index < -0.39 is 21.8 Å². The highest BCUT2D eigenvalue weighted by Gasteiger charge is 2.15. The minimum absolute atomic E-state index is 0.0623. The number of hydrogen-bond donors (Lipinski definition) is 1.